The zero-order valence-electron chi connectivity index (χ0n) is 20.9. The van der Waals surface area contributed by atoms with Gasteiger partial charge in [-0.1, -0.05) is 43.2 Å². The summed E-state index contributed by atoms with van der Waals surface area (Å²) < 4.78 is 0. The van der Waals surface area contributed by atoms with Gasteiger partial charge < -0.3 is 20.4 Å². The van der Waals surface area contributed by atoms with Crippen LogP contribution in [-0.2, 0) is 0 Å². The summed E-state index contributed by atoms with van der Waals surface area (Å²) in [7, 11) is 0. The van der Waals surface area contributed by atoms with E-state index in [2.05, 4.69) is 41.5 Å². The van der Waals surface area contributed by atoms with Crippen LogP contribution in [0.25, 0.3) is 0 Å². The molecule has 0 saturated carbocycles. The van der Waals surface area contributed by atoms with E-state index in [-0.39, 0.29) is 0 Å². The Morgan fingerprint density at radius 1 is 0.743 bits per heavy atom. The van der Waals surface area contributed by atoms with Crippen molar-refractivity contribution >= 4 is 46.1 Å². The van der Waals surface area contributed by atoms with Crippen molar-refractivity contribution in [2.75, 3.05) is 52.4 Å². The largest absolute Gasteiger partial charge is 0.360 e. The molecule has 3 rings (SSSR count). The van der Waals surface area contributed by atoms with Gasteiger partial charge in [-0.2, -0.15) is 10.2 Å². The molecule has 2 aliphatic rings. The van der Waals surface area contributed by atoms with Crippen molar-refractivity contribution in [1.82, 2.24) is 31.3 Å². The van der Waals surface area contributed by atoms with Crippen LogP contribution in [0.2, 0.25) is 0 Å². The monoisotopic (exact) mass is 516 g/mol. The fraction of sp³-hybridized carbons (Fsp3) is 0.600. The van der Waals surface area contributed by atoms with E-state index in [0.717, 1.165) is 31.7 Å². The van der Waals surface area contributed by atoms with Crippen LogP contribution < -0.4 is 21.5 Å². The summed E-state index contributed by atoms with van der Waals surface area (Å²) in [6.45, 7) is 10.2. The van der Waals surface area contributed by atoms with E-state index < -0.39 is 0 Å². The first-order chi connectivity index (χ1) is 17.1. The Morgan fingerprint density at radius 2 is 1.23 bits per heavy atom. The van der Waals surface area contributed by atoms with Gasteiger partial charge in [0.15, 0.2) is 10.2 Å². The predicted molar refractivity (Wildman–Crippen MR) is 154 cm³/mol. The molecule has 192 valence electrons. The average Bonchev–Trinajstić information content (AvgIpc) is 2.89. The molecule has 0 amide bonds. The Bertz CT molecular complexity index is 846. The third-order valence-corrected chi connectivity index (χ3v) is 6.78. The third-order valence-electron chi connectivity index (χ3n) is 6.31. The number of hydrogen-bond acceptors (Lipinski definition) is 6. The van der Waals surface area contributed by atoms with E-state index in [1.165, 1.54) is 64.7 Å². The second-order valence-corrected chi connectivity index (χ2v) is 9.88. The lowest BCUT2D eigenvalue weighted by Gasteiger charge is -2.26. The van der Waals surface area contributed by atoms with Crippen molar-refractivity contribution in [3.8, 4) is 0 Å². The molecule has 4 N–H and O–H groups in total. The number of nitrogens with zero attached hydrogens (tertiary/aromatic N) is 4. The van der Waals surface area contributed by atoms with E-state index in [9.17, 15) is 0 Å². The third kappa shape index (κ3) is 10.6. The molecule has 10 heteroatoms. The summed E-state index contributed by atoms with van der Waals surface area (Å²) in [6, 6.07) is 9.94. The molecule has 2 saturated heterocycles. The van der Waals surface area contributed by atoms with E-state index in [0.29, 0.717) is 21.6 Å². The number of nitrogens with one attached hydrogen (secondary N) is 4. The lowest BCUT2D eigenvalue weighted by Crippen LogP contribution is -2.41. The molecule has 0 radical (unpaired) electrons. The van der Waals surface area contributed by atoms with Gasteiger partial charge >= 0.3 is 0 Å². The number of hydrogen-bond donors (Lipinski definition) is 4. The fourth-order valence-electron chi connectivity index (χ4n) is 4.34. The standard InChI is InChI=1S/C25H40N8S2/c1-21(28-30-24(34)26-13-19-32-15-7-3-8-16-32)23(22-11-5-2-6-12-22)29-31-25(35)27-14-20-33-17-9-4-10-18-33/h2,5-6,11-12H,3-4,7-10,13-20H2,1H3,(H2,26,30,34)(H2,27,31,35). The summed E-state index contributed by atoms with van der Waals surface area (Å²) in [6.07, 6.45) is 7.85. The van der Waals surface area contributed by atoms with Crippen molar-refractivity contribution in [3.05, 3.63) is 35.9 Å². The number of rotatable bonds is 10. The van der Waals surface area contributed by atoms with Crippen LogP contribution in [0.15, 0.2) is 40.5 Å². The highest BCUT2D eigenvalue weighted by Crippen LogP contribution is 2.08. The lowest BCUT2D eigenvalue weighted by molar-refractivity contribution is 0.232. The maximum Gasteiger partial charge on any atom is 0.187 e. The maximum atomic E-state index is 5.45. The molecule has 0 aliphatic carbocycles. The zero-order valence-corrected chi connectivity index (χ0v) is 22.5. The second kappa shape index (κ2) is 15.8. The summed E-state index contributed by atoms with van der Waals surface area (Å²) in [5.41, 5.74) is 8.30. The van der Waals surface area contributed by atoms with Crippen LogP contribution >= 0.6 is 24.4 Å². The zero-order chi connectivity index (χ0) is 24.7. The molecule has 2 heterocycles. The Morgan fingerprint density at radius 3 is 1.74 bits per heavy atom. The topological polar surface area (TPSA) is 79.3 Å². The molecule has 0 aromatic heterocycles. The number of hydrazone groups is 2. The second-order valence-electron chi connectivity index (χ2n) is 9.06. The number of likely N-dealkylation sites (tertiary alicyclic amines) is 2. The van der Waals surface area contributed by atoms with Gasteiger partial charge in [0.1, 0.15) is 5.71 Å². The quantitative estimate of drug-likeness (QED) is 0.215. The van der Waals surface area contributed by atoms with E-state index >= 15 is 0 Å². The first kappa shape index (κ1) is 27.4. The summed E-state index contributed by atoms with van der Waals surface area (Å²) in [5.74, 6) is 0. The molecular formula is C25H40N8S2. The summed E-state index contributed by atoms with van der Waals surface area (Å²) in [4.78, 5) is 4.95. The van der Waals surface area contributed by atoms with Gasteiger partial charge in [-0.3, -0.25) is 10.9 Å². The number of benzene rings is 1. The molecule has 0 bridgehead atoms. The maximum absolute atomic E-state index is 5.45. The highest BCUT2D eigenvalue weighted by molar-refractivity contribution is 7.80. The van der Waals surface area contributed by atoms with Crippen LogP contribution in [-0.4, -0.2) is 83.8 Å². The minimum Gasteiger partial charge on any atom is -0.360 e. The van der Waals surface area contributed by atoms with Gasteiger partial charge in [-0.15, -0.1) is 0 Å². The smallest absolute Gasteiger partial charge is 0.187 e. The minimum absolute atomic E-state index is 0.506. The van der Waals surface area contributed by atoms with E-state index in [4.69, 9.17) is 24.4 Å². The lowest BCUT2D eigenvalue weighted by atomic mass is 10.1. The van der Waals surface area contributed by atoms with Crippen molar-refractivity contribution in [3.63, 3.8) is 0 Å². The molecule has 0 spiro atoms. The van der Waals surface area contributed by atoms with E-state index in [1.54, 1.807) is 0 Å². The van der Waals surface area contributed by atoms with Gasteiger partial charge in [0, 0.05) is 31.7 Å². The van der Waals surface area contributed by atoms with Gasteiger partial charge in [0.05, 0.1) is 5.71 Å². The molecular weight excluding hydrogens is 476 g/mol. The Kier molecular flexibility index (Phi) is 12.4. The van der Waals surface area contributed by atoms with Gasteiger partial charge in [0.25, 0.3) is 0 Å². The summed E-state index contributed by atoms with van der Waals surface area (Å²) >= 11 is 10.9. The SMILES string of the molecule is CC(=NNC(=S)NCCN1CCCCC1)C(=NNC(=S)NCCN1CCCCC1)c1ccccc1. The van der Waals surface area contributed by atoms with Gasteiger partial charge in [0.2, 0.25) is 0 Å². The molecule has 8 nitrogen and oxygen atoms in total. The average molecular weight is 517 g/mol. The van der Waals surface area contributed by atoms with Gasteiger partial charge in [-0.25, -0.2) is 0 Å². The first-order valence-electron chi connectivity index (χ1n) is 12.8. The van der Waals surface area contributed by atoms with Crippen molar-refractivity contribution in [2.24, 2.45) is 10.2 Å². The Hall–Kier alpha value is -2.14. The van der Waals surface area contributed by atoms with Crippen molar-refractivity contribution in [1.29, 1.82) is 0 Å². The summed E-state index contributed by atoms with van der Waals surface area (Å²) in [5, 5.41) is 16.6. The molecule has 35 heavy (non-hydrogen) atoms. The van der Waals surface area contributed by atoms with Crippen molar-refractivity contribution in [2.45, 2.75) is 45.4 Å². The highest BCUT2D eigenvalue weighted by atomic mass is 32.1. The van der Waals surface area contributed by atoms with Gasteiger partial charge in [-0.05, 0) is 83.2 Å². The number of thiocarbonyl (C=S) groups is 2. The molecule has 2 aliphatic heterocycles. The molecule has 2 fully saturated rings. The molecule has 0 unspecified atom stereocenters. The Labute approximate surface area is 221 Å². The Balaban J connectivity index is 1.48. The highest BCUT2D eigenvalue weighted by Gasteiger charge is 2.12. The number of piperidine rings is 2. The predicted octanol–water partition coefficient (Wildman–Crippen LogP) is 2.67. The van der Waals surface area contributed by atoms with Crippen LogP contribution in [0.1, 0.15) is 51.0 Å². The molecule has 0 atom stereocenters. The van der Waals surface area contributed by atoms with Crippen LogP contribution in [0.3, 0.4) is 0 Å². The van der Waals surface area contributed by atoms with Crippen LogP contribution in [0, 0.1) is 0 Å². The van der Waals surface area contributed by atoms with E-state index in [1.807, 2.05) is 37.3 Å². The molecule has 1 aromatic carbocycles. The van der Waals surface area contributed by atoms with Crippen molar-refractivity contribution < 1.29 is 0 Å². The van der Waals surface area contributed by atoms with Crippen LogP contribution in [0.5, 0.6) is 0 Å². The first-order valence-corrected chi connectivity index (χ1v) is 13.6. The fourth-order valence-corrected chi connectivity index (χ4v) is 4.64. The normalized spacial score (nSPS) is 18.1. The molecule has 1 aromatic rings. The minimum atomic E-state index is 0.506. The van der Waals surface area contributed by atoms with Crippen LogP contribution in [0.4, 0.5) is 0 Å².